The van der Waals surface area contributed by atoms with Crippen molar-refractivity contribution in [3.8, 4) is 0 Å². The quantitative estimate of drug-likeness (QED) is 0.638. The van der Waals surface area contributed by atoms with E-state index in [1.807, 2.05) is 19.2 Å². The normalized spacial score (nSPS) is 20.9. The van der Waals surface area contributed by atoms with Crippen LogP contribution in [-0.4, -0.2) is 88.4 Å². The Morgan fingerprint density at radius 1 is 1.19 bits per heavy atom. The van der Waals surface area contributed by atoms with Gasteiger partial charge in [0.1, 0.15) is 5.82 Å². The van der Waals surface area contributed by atoms with E-state index in [4.69, 9.17) is 4.74 Å². The van der Waals surface area contributed by atoms with Crippen molar-refractivity contribution in [2.75, 3.05) is 72.0 Å². The van der Waals surface area contributed by atoms with E-state index >= 15 is 0 Å². The molecule has 150 valence electrons. The van der Waals surface area contributed by atoms with Gasteiger partial charge in [-0.3, -0.25) is 4.99 Å². The molecule has 6 nitrogen and oxygen atoms in total. The molecular formula is C20H32FN5O. The molecule has 0 unspecified atom stereocenters. The third-order valence-electron chi connectivity index (χ3n) is 5.93. The Hall–Kier alpha value is -1.86. The zero-order valence-electron chi connectivity index (χ0n) is 16.7. The number of halogens is 1. The molecule has 7 heteroatoms. The number of aliphatic imine (C=N–C) groups is 1. The number of hydrogen-bond donors (Lipinski definition) is 1. The maximum absolute atomic E-state index is 14.0. The average molecular weight is 378 g/mol. The maximum atomic E-state index is 14.0. The summed E-state index contributed by atoms with van der Waals surface area (Å²) in [6, 6.07) is 7.00. The molecule has 2 saturated heterocycles. The number of guanidine groups is 1. The molecule has 0 spiro atoms. The Morgan fingerprint density at radius 3 is 2.44 bits per heavy atom. The van der Waals surface area contributed by atoms with Crippen LogP contribution in [0.3, 0.4) is 0 Å². The number of piperazine rings is 1. The summed E-state index contributed by atoms with van der Waals surface area (Å²) >= 11 is 0. The van der Waals surface area contributed by atoms with Crippen molar-refractivity contribution in [1.29, 1.82) is 0 Å². The summed E-state index contributed by atoms with van der Waals surface area (Å²) in [4.78, 5) is 11.2. The number of para-hydroxylation sites is 1. The van der Waals surface area contributed by atoms with E-state index in [1.165, 1.54) is 6.07 Å². The van der Waals surface area contributed by atoms with Gasteiger partial charge in [-0.1, -0.05) is 12.1 Å². The van der Waals surface area contributed by atoms with Crippen LogP contribution in [0, 0.1) is 5.82 Å². The molecule has 1 aromatic carbocycles. The van der Waals surface area contributed by atoms with Crippen molar-refractivity contribution in [2.45, 2.75) is 18.4 Å². The van der Waals surface area contributed by atoms with Crippen molar-refractivity contribution in [3.63, 3.8) is 0 Å². The third kappa shape index (κ3) is 4.52. The van der Waals surface area contributed by atoms with Gasteiger partial charge >= 0.3 is 0 Å². The van der Waals surface area contributed by atoms with Gasteiger partial charge in [-0.25, -0.2) is 4.39 Å². The topological polar surface area (TPSA) is 43.3 Å². The molecule has 2 aliphatic heterocycles. The highest BCUT2D eigenvalue weighted by Crippen LogP contribution is 2.25. The summed E-state index contributed by atoms with van der Waals surface area (Å²) in [5, 5.41) is 3.58. The molecule has 0 radical (unpaired) electrons. The standard InChI is InChI=1S/C20H32FN5O/c1-22-19(23-16-20(24(2)3)8-14-27-15-9-20)26-12-10-25(11-13-26)18-7-5-4-6-17(18)21/h4-7H,8-16H2,1-3H3,(H,22,23). The van der Waals surface area contributed by atoms with Crippen molar-refractivity contribution >= 4 is 11.6 Å². The fourth-order valence-electron chi connectivity index (χ4n) is 3.98. The summed E-state index contributed by atoms with van der Waals surface area (Å²) in [6.07, 6.45) is 2.04. The van der Waals surface area contributed by atoms with Crippen LogP contribution in [0.15, 0.2) is 29.3 Å². The highest BCUT2D eigenvalue weighted by Gasteiger charge is 2.35. The lowest BCUT2D eigenvalue weighted by atomic mass is 9.88. The Morgan fingerprint density at radius 2 is 1.85 bits per heavy atom. The molecule has 0 amide bonds. The number of rotatable bonds is 4. The number of anilines is 1. The van der Waals surface area contributed by atoms with Crippen LogP contribution in [0.1, 0.15) is 12.8 Å². The van der Waals surface area contributed by atoms with Crippen molar-refractivity contribution in [2.24, 2.45) is 4.99 Å². The summed E-state index contributed by atoms with van der Waals surface area (Å²) in [5.74, 6) is 0.775. The van der Waals surface area contributed by atoms with E-state index in [0.29, 0.717) is 5.69 Å². The number of ether oxygens (including phenoxy) is 1. The molecule has 0 atom stereocenters. The summed E-state index contributed by atoms with van der Waals surface area (Å²) in [6.45, 7) is 5.68. The Bertz CT molecular complexity index is 637. The molecule has 2 aliphatic rings. The van der Waals surface area contributed by atoms with Gasteiger partial charge in [0.15, 0.2) is 5.96 Å². The lowest BCUT2D eigenvalue weighted by Crippen LogP contribution is -2.59. The highest BCUT2D eigenvalue weighted by molar-refractivity contribution is 5.80. The van der Waals surface area contributed by atoms with E-state index in [1.54, 1.807) is 6.07 Å². The van der Waals surface area contributed by atoms with E-state index in [9.17, 15) is 4.39 Å². The van der Waals surface area contributed by atoms with Gasteiger partial charge in [0.05, 0.1) is 5.69 Å². The van der Waals surface area contributed by atoms with E-state index < -0.39 is 0 Å². The third-order valence-corrected chi connectivity index (χ3v) is 5.93. The second-order valence-electron chi connectivity index (χ2n) is 7.56. The smallest absolute Gasteiger partial charge is 0.193 e. The SMILES string of the molecule is CN=C(NCC1(N(C)C)CCOCC1)N1CCN(c2ccccc2F)CC1. The molecule has 1 N–H and O–H groups in total. The van der Waals surface area contributed by atoms with Crippen LogP contribution in [0.5, 0.6) is 0 Å². The Labute approximate surface area is 162 Å². The molecule has 27 heavy (non-hydrogen) atoms. The first kappa shape index (κ1) is 19.9. The maximum Gasteiger partial charge on any atom is 0.193 e. The number of hydrogen-bond acceptors (Lipinski definition) is 4. The predicted molar refractivity (Wildman–Crippen MR) is 108 cm³/mol. The first-order chi connectivity index (χ1) is 13.1. The molecule has 3 rings (SSSR count). The van der Waals surface area contributed by atoms with Crippen molar-refractivity contribution in [1.82, 2.24) is 15.1 Å². The summed E-state index contributed by atoms with van der Waals surface area (Å²) < 4.78 is 19.6. The highest BCUT2D eigenvalue weighted by atomic mass is 19.1. The van der Waals surface area contributed by atoms with Gasteiger partial charge in [0.25, 0.3) is 0 Å². The largest absolute Gasteiger partial charge is 0.381 e. The Balaban J connectivity index is 1.57. The minimum Gasteiger partial charge on any atom is -0.381 e. The minimum absolute atomic E-state index is 0.100. The van der Waals surface area contributed by atoms with E-state index in [0.717, 1.165) is 64.7 Å². The van der Waals surface area contributed by atoms with Crippen LogP contribution < -0.4 is 10.2 Å². The number of nitrogens with zero attached hydrogens (tertiary/aromatic N) is 4. The Kier molecular flexibility index (Phi) is 6.55. The molecule has 0 bridgehead atoms. The number of benzene rings is 1. The van der Waals surface area contributed by atoms with Crippen molar-refractivity contribution in [3.05, 3.63) is 30.1 Å². The molecule has 0 aliphatic carbocycles. The molecule has 2 fully saturated rings. The summed E-state index contributed by atoms with van der Waals surface area (Å²) in [7, 11) is 6.11. The van der Waals surface area contributed by atoms with Crippen molar-refractivity contribution < 1.29 is 9.13 Å². The molecule has 2 heterocycles. The predicted octanol–water partition coefficient (Wildman–Crippen LogP) is 1.63. The van der Waals surface area contributed by atoms with Gasteiger partial charge in [0, 0.05) is 58.5 Å². The van der Waals surface area contributed by atoms with E-state index in [2.05, 4.69) is 39.1 Å². The van der Waals surface area contributed by atoms with Gasteiger partial charge in [0.2, 0.25) is 0 Å². The number of nitrogens with one attached hydrogen (secondary N) is 1. The minimum atomic E-state index is -0.152. The fraction of sp³-hybridized carbons (Fsp3) is 0.650. The molecule has 0 saturated carbocycles. The zero-order valence-corrected chi connectivity index (χ0v) is 16.7. The molecule has 1 aromatic rings. The second kappa shape index (κ2) is 8.89. The van der Waals surface area contributed by atoms with Crippen LogP contribution in [0.25, 0.3) is 0 Å². The summed E-state index contributed by atoms with van der Waals surface area (Å²) in [5.41, 5.74) is 0.789. The first-order valence-corrected chi connectivity index (χ1v) is 9.76. The lowest BCUT2D eigenvalue weighted by Gasteiger charge is -2.44. The zero-order chi connectivity index (χ0) is 19.3. The molecular weight excluding hydrogens is 345 g/mol. The fourth-order valence-corrected chi connectivity index (χ4v) is 3.98. The van der Waals surface area contributed by atoms with Crippen LogP contribution in [-0.2, 0) is 4.74 Å². The van der Waals surface area contributed by atoms with Gasteiger partial charge in [-0.2, -0.15) is 0 Å². The van der Waals surface area contributed by atoms with E-state index in [-0.39, 0.29) is 11.4 Å². The van der Waals surface area contributed by atoms with Gasteiger partial charge < -0.3 is 24.8 Å². The molecule has 0 aromatic heterocycles. The second-order valence-corrected chi connectivity index (χ2v) is 7.56. The van der Waals surface area contributed by atoms with Crippen LogP contribution in [0.2, 0.25) is 0 Å². The monoisotopic (exact) mass is 377 g/mol. The lowest BCUT2D eigenvalue weighted by molar-refractivity contribution is -0.00526. The van der Waals surface area contributed by atoms with Gasteiger partial charge in [-0.05, 0) is 39.1 Å². The van der Waals surface area contributed by atoms with Crippen LogP contribution >= 0.6 is 0 Å². The average Bonchev–Trinajstić information content (AvgIpc) is 2.70. The first-order valence-electron chi connectivity index (χ1n) is 9.76. The number of likely N-dealkylation sites (N-methyl/N-ethyl adjacent to an activating group) is 1. The van der Waals surface area contributed by atoms with Crippen LogP contribution in [0.4, 0.5) is 10.1 Å². The van der Waals surface area contributed by atoms with Gasteiger partial charge in [-0.15, -0.1) is 0 Å².